The standard InChI is InChI=1S/C23H28N2O5/c1-5-29-22(28)15-11-25-16(10-17(15)26)20-14(9-19(25)23(2,3)4)8-18(21(27)24-20)30-12-13-6-7-13/h8,10-11,13,19H,5-7,9,12H2,1-4H3,(H,24,27)/t19-/m0/s1. The van der Waals surface area contributed by atoms with E-state index >= 15 is 0 Å². The molecule has 30 heavy (non-hydrogen) atoms. The van der Waals surface area contributed by atoms with Crippen LogP contribution in [-0.2, 0) is 11.2 Å². The van der Waals surface area contributed by atoms with Crippen molar-refractivity contribution in [3.05, 3.63) is 50.0 Å². The van der Waals surface area contributed by atoms with Gasteiger partial charge in [-0.25, -0.2) is 4.79 Å². The molecule has 1 saturated carbocycles. The summed E-state index contributed by atoms with van der Waals surface area (Å²) in [6, 6.07) is 3.21. The Hall–Kier alpha value is -2.83. The maximum absolute atomic E-state index is 12.7. The van der Waals surface area contributed by atoms with Gasteiger partial charge in [0.1, 0.15) is 5.56 Å². The van der Waals surface area contributed by atoms with E-state index in [1.54, 1.807) is 13.1 Å². The van der Waals surface area contributed by atoms with Crippen LogP contribution in [0.2, 0.25) is 0 Å². The molecule has 0 unspecified atom stereocenters. The van der Waals surface area contributed by atoms with Gasteiger partial charge in [0.25, 0.3) is 5.56 Å². The smallest absolute Gasteiger partial charge is 0.343 e. The van der Waals surface area contributed by atoms with Gasteiger partial charge in [-0.1, -0.05) is 20.8 Å². The number of hydrogen-bond acceptors (Lipinski definition) is 5. The number of aromatic nitrogens is 2. The van der Waals surface area contributed by atoms with Gasteiger partial charge in [-0.2, -0.15) is 0 Å². The number of ether oxygens (including phenoxy) is 2. The molecule has 4 rings (SSSR count). The predicted octanol–water partition coefficient (Wildman–Crippen LogP) is 3.31. The van der Waals surface area contributed by atoms with Crippen LogP contribution in [0, 0.1) is 11.3 Å². The molecule has 1 aliphatic carbocycles. The molecule has 1 N–H and O–H groups in total. The number of rotatable bonds is 5. The second-order valence-electron chi connectivity index (χ2n) is 9.27. The van der Waals surface area contributed by atoms with Crippen LogP contribution >= 0.6 is 0 Å². The van der Waals surface area contributed by atoms with Gasteiger partial charge in [-0.15, -0.1) is 0 Å². The number of carbonyl (C=O) groups excluding carboxylic acids is 1. The SMILES string of the molecule is CCOC(=O)c1cn2c(cc1=O)-c1[nH]c(=O)c(OCC3CC3)cc1C[C@H]2C(C)(C)C. The first kappa shape index (κ1) is 20.4. The number of aromatic amines is 1. The third kappa shape index (κ3) is 3.80. The lowest BCUT2D eigenvalue weighted by atomic mass is 9.80. The molecule has 0 spiro atoms. The van der Waals surface area contributed by atoms with E-state index in [9.17, 15) is 14.4 Å². The van der Waals surface area contributed by atoms with Crippen LogP contribution in [0.5, 0.6) is 5.75 Å². The van der Waals surface area contributed by atoms with E-state index in [1.807, 2.05) is 10.6 Å². The summed E-state index contributed by atoms with van der Waals surface area (Å²) < 4.78 is 12.7. The van der Waals surface area contributed by atoms with Crippen LogP contribution in [0.4, 0.5) is 0 Å². The van der Waals surface area contributed by atoms with E-state index in [2.05, 4.69) is 25.8 Å². The van der Waals surface area contributed by atoms with Crippen molar-refractivity contribution >= 4 is 5.97 Å². The summed E-state index contributed by atoms with van der Waals surface area (Å²) in [4.78, 5) is 40.5. The highest BCUT2D eigenvalue weighted by Crippen LogP contribution is 2.42. The number of pyridine rings is 2. The third-order valence-electron chi connectivity index (χ3n) is 5.84. The van der Waals surface area contributed by atoms with Crippen molar-refractivity contribution in [1.82, 2.24) is 9.55 Å². The maximum atomic E-state index is 12.7. The highest BCUT2D eigenvalue weighted by atomic mass is 16.5. The molecule has 7 heteroatoms. The lowest BCUT2D eigenvalue weighted by Crippen LogP contribution is -2.34. The summed E-state index contributed by atoms with van der Waals surface area (Å²) >= 11 is 0. The summed E-state index contributed by atoms with van der Waals surface area (Å²) in [5.74, 6) is 0.240. The minimum Gasteiger partial charge on any atom is -0.488 e. The number of H-pyrrole nitrogens is 1. The second kappa shape index (κ2) is 7.45. The normalized spacial score (nSPS) is 17.8. The highest BCUT2D eigenvalue weighted by Gasteiger charge is 2.34. The number of esters is 1. The zero-order chi connectivity index (χ0) is 21.6. The van der Waals surface area contributed by atoms with Gasteiger partial charge in [-0.05, 0) is 49.1 Å². The molecule has 0 aromatic carbocycles. The fraction of sp³-hybridized carbons (Fsp3) is 0.522. The van der Waals surface area contributed by atoms with Crippen LogP contribution in [0.25, 0.3) is 11.4 Å². The van der Waals surface area contributed by atoms with Gasteiger partial charge in [0, 0.05) is 18.3 Å². The van der Waals surface area contributed by atoms with Gasteiger partial charge in [0.05, 0.1) is 24.6 Å². The van der Waals surface area contributed by atoms with E-state index in [4.69, 9.17) is 9.47 Å². The van der Waals surface area contributed by atoms with E-state index in [-0.39, 0.29) is 29.2 Å². The van der Waals surface area contributed by atoms with Gasteiger partial charge >= 0.3 is 5.97 Å². The van der Waals surface area contributed by atoms with Gasteiger partial charge in [-0.3, -0.25) is 9.59 Å². The molecule has 7 nitrogen and oxygen atoms in total. The fourth-order valence-corrected chi connectivity index (χ4v) is 3.94. The second-order valence-corrected chi connectivity index (χ2v) is 9.27. The predicted molar refractivity (Wildman–Crippen MR) is 113 cm³/mol. The third-order valence-corrected chi connectivity index (χ3v) is 5.84. The maximum Gasteiger partial charge on any atom is 0.343 e. The molecular formula is C23H28N2O5. The minimum absolute atomic E-state index is 0.00466. The Kier molecular flexibility index (Phi) is 5.08. The van der Waals surface area contributed by atoms with Gasteiger partial charge < -0.3 is 19.0 Å². The van der Waals surface area contributed by atoms with E-state index in [0.29, 0.717) is 36.1 Å². The summed E-state index contributed by atoms with van der Waals surface area (Å²) in [5, 5.41) is 0. The first-order chi connectivity index (χ1) is 14.2. The van der Waals surface area contributed by atoms with E-state index < -0.39 is 11.4 Å². The summed E-state index contributed by atoms with van der Waals surface area (Å²) in [6.45, 7) is 8.81. The summed E-state index contributed by atoms with van der Waals surface area (Å²) in [6.07, 6.45) is 4.51. The summed E-state index contributed by atoms with van der Waals surface area (Å²) in [7, 11) is 0. The van der Waals surface area contributed by atoms with Crippen LogP contribution in [0.1, 0.15) is 62.5 Å². The van der Waals surface area contributed by atoms with Crippen molar-refractivity contribution in [2.75, 3.05) is 13.2 Å². The Balaban J connectivity index is 1.84. The Morgan fingerprint density at radius 1 is 1.23 bits per heavy atom. The van der Waals surface area contributed by atoms with E-state index in [0.717, 1.165) is 18.4 Å². The number of hydrogen-bond donors (Lipinski definition) is 1. The van der Waals surface area contributed by atoms with Crippen LogP contribution < -0.4 is 15.7 Å². The van der Waals surface area contributed by atoms with Crippen molar-refractivity contribution in [3.8, 4) is 17.1 Å². The lowest BCUT2D eigenvalue weighted by molar-refractivity contribution is 0.0523. The van der Waals surface area contributed by atoms with Crippen molar-refractivity contribution in [3.63, 3.8) is 0 Å². The first-order valence-corrected chi connectivity index (χ1v) is 10.5. The average molecular weight is 412 g/mol. The first-order valence-electron chi connectivity index (χ1n) is 10.5. The van der Waals surface area contributed by atoms with Crippen LogP contribution in [-0.4, -0.2) is 28.7 Å². The van der Waals surface area contributed by atoms with E-state index in [1.165, 1.54) is 6.07 Å². The van der Waals surface area contributed by atoms with Crippen molar-refractivity contribution in [2.45, 2.75) is 53.0 Å². The number of carbonyl (C=O) groups is 1. The van der Waals surface area contributed by atoms with Crippen molar-refractivity contribution in [2.24, 2.45) is 11.3 Å². The number of nitrogens with one attached hydrogen (secondary N) is 1. The topological polar surface area (TPSA) is 90.4 Å². The largest absolute Gasteiger partial charge is 0.488 e. The molecule has 0 radical (unpaired) electrons. The minimum atomic E-state index is -0.631. The molecule has 1 fully saturated rings. The molecule has 2 aromatic rings. The molecule has 0 amide bonds. The monoisotopic (exact) mass is 412 g/mol. The summed E-state index contributed by atoms with van der Waals surface area (Å²) in [5.41, 5.74) is 1.26. The van der Waals surface area contributed by atoms with Crippen molar-refractivity contribution in [1.29, 1.82) is 0 Å². The van der Waals surface area contributed by atoms with Gasteiger partial charge in [0.15, 0.2) is 11.2 Å². The number of nitrogens with zero attached hydrogens (tertiary/aromatic N) is 1. The lowest BCUT2D eigenvalue weighted by Gasteiger charge is -2.38. The molecule has 1 atom stereocenters. The average Bonchev–Trinajstić information content (AvgIpc) is 3.49. The number of fused-ring (bicyclic) bond motifs is 3. The molecule has 0 bridgehead atoms. The Morgan fingerprint density at radius 2 is 1.97 bits per heavy atom. The van der Waals surface area contributed by atoms with Crippen molar-refractivity contribution < 1.29 is 14.3 Å². The quantitative estimate of drug-likeness (QED) is 0.761. The Bertz CT molecular complexity index is 1100. The molecule has 1 aliphatic heterocycles. The molecule has 160 valence electrons. The van der Waals surface area contributed by atoms with Gasteiger partial charge in [0.2, 0.25) is 0 Å². The highest BCUT2D eigenvalue weighted by molar-refractivity contribution is 5.89. The molecule has 3 heterocycles. The van der Waals surface area contributed by atoms with Crippen LogP contribution in [0.15, 0.2) is 27.9 Å². The molecular weight excluding hydrogens is 384 g/mol. The molecule has 2 aliphatic rings. The Labute approximate surface area is 175 Å². The Morgan fingerprint density at radius 3 is 2.60 bits per heavy atom. The zero-order valence-electron chi connectivity index (χ0n) is 17.9. The fourth-order valence-electron chi connectivity index (χ4n) is 3.94. The van der Waals surface area contributed by atoms with Crippen LogP contribution in [0.3, 0.4) is 0 Å². The molecule has 0 saturated heterocycles. The molecule has 2 aromatic heterocycles. The zero-order valence-corrected chi connectivity index (χ0v) is 17.9.